The quantitative estimate of drug-likeness (QED) is 0.693. The number of hydrogen-bond donors (Lipinski definition) is 2. The molecule has 0 aromatic carbocycles. The van der Waals surface area contributed by atoms with Gasteiger partial charge in [0, 0.05) is 24.9 Å². The molecule has 0 unspecified atom stereocenters. The van der Waals surface area contributed by atoms with Crippen molar-refractivity contribution in [2.75, 3.05) is 32.8 Å². The normalized spacial score (nSPS) is 20.3. The van der Waals surface area contributed by atoms with Gasteiger partial charge in [0.05, 0.1) is 24.7 Å². The van der Waals surface area contributed by atoms with Crippen LogP contribution in [0.3, 0.4) is 0 Å². The predicted octanol–water partition coefficient (Wildman–Crippen LogP) is 2.34. The Hall–Kier alpha value is -1.19. The van der Waals surface area contributed by atoms with Gasteiger partial charge in [-0.1, -0.05) is 30.4 Å². The summed E-state index contributed by atoms with van der Waals surface area (Å²) in [6.45, 7) is 6.41. The molecule has 1 saturated carbocycles. The molecule has 1 aliphatic rings. The van der Waals surface area contributed by atoms with E-state index in [-0.39, 0.29) is 6.61 Å². The van der Waals surface area contributed by atoms with Gasteiger partial charge < -0.3 is 10.4 Å². The molecular weight excluding hydrogens is 336 g/mol. The van der Waals surface area contributed by atoms with Gasteiger partial charge in [-0.25, -0.2) is 9.97 Å². The predicted molar refractivity (Wildman–Crippen MR) is 101 cm³/mol. The van der Waals surface area contributed by atoms with E-state index >= 15 is 0 Å². The maximum absolute atomic E-state index is 8.99. The van der Waals surface area contributed by atoms with Gasteiger partial charge in [0.25, 0.3) is 0 Å². The maximum Gasteiger partial charge on any atom is 0.142 e. The van der Waals surface area contributed by atoms with Gasteiger partial charge in [-0.3, -0.25) is 4.90 Å². The summed E-state index contributed by atoms with van der Waals surface area (Å²) in [7, 11) is 0. The zero-order chi connectivity index (χ0) is 17.9. The van der Waals surface area contributed by atoms with E-state index in [4.69, 9.17) is 16.7 Å². The molecule has 0 amide bonds. The number of hydrogen-bond acceptors (Lipinski definition) is 5. The number of halogens is 1. The van der Waals surface area contributed by atoms with Crippen LogP contribution >= 0.6 is 11.6 Å². The minimum absolute atomic E-state index is 0.203. The van der Waals surface area contributed by atoms with E-state index in [1.807, 2.05) is 0 Å². The largest absolute Gasteiger partial charge is 0.395 e. The number of nitrogens with zero attached hydrogens (tertiary/aromatic N) is 3. The summed E-state index contributed by atoms with van der Waals surface area (Å²) in [5.74, 6) is 8.75. The monoisotopic (exact) mass is 364 g/mol. The van der Waals surface area contributed by atoms with Crippen molar-refractivity contribution in [1.29, 1.82) is 0 Å². The summed E-state index contributed by atoms with van der Waals surface area (Å²) in [5.41, 5.74) is 0. The van der Waals surface area contributed by atoms with Crippen molar-refractivity contribution in [1.82, 2.24) is 20.2 Å². The summed E-state index contributed by atoms with van der Waals surface area (Å²) < 4.78 is 0. The van der Waals surface area contributed by atoms with Crippen LogP contribution < -0.4 is 5.32 Å². The highest BCUT2D eigenvalue weighted by atomic mass is 35.5. The minimum atomic E-state index is 0.203. The molecule has 0 spiro atoms. The first-order valence-electron chi connectivity index (χ1n) is 9.20. The highest BCUT2D eigenvalue weighted by molar-refractivity contribution is 6.30. The van der Waals surface area contributed by atoms with Crippen molar-refractivity contribution in [3.05, 3.63) is 23.2 Å². The molecule has 0 bridgehead atoms. The second-order valence-corrected chi connectivity index (χ2v) is 7.02. The molecule has 1 aliphatic carbocycles. The van der Waals surface area contributed by atoms with Gasteiger partial charge in [0.15, 0.2) is 0 Å². The van der Waals surface area contributed by atoms with Crippen LogP contribution in [0, 0.1) is 23.7 Å². The molecular formula is C19H29ClN4O. The summed E-state index contributed by atoms with van der Waals surface area (Å²) >= 11 is 5.79. The van der Waals surface area contributed by atoms with E-state index in [0.717, 1.165) is 25.5 Å². The number of rotatable bonds is 8. The van der Waals surface area contributed by atoms with Gasteiger partial charge in [-0.15, -0.1) is 0 Å². The fourth-order valence-corrected chi connectivity index (χ4v) is 3.22. The smallest absolute Gasteiger partial charge is 0.142 e. The van der Waals surface area contributed by atoms with Crippen molar-refractivity contribution in [3.8, 4) is 11.8 Å². The van der Waals surface area contributed by atoms with Crippen LogP contribution in [-0.2, 0) is 6.54 Å². The average Bonchev–Trinajstić information content (AvgIpc) is 2.64. The second kappa shape index (κ2) is 11.4. The zero-order valence-corrected chi connectivity index (χ0v) is 15.8. The number of aromatic nitrogens is 2. The molecule has 2 N–H and O–H groups in total. The van der Waals surface area contributed by atoms with Crippen LogP contribution in [0.15, 0.2) is 12.4 Å². The Bertz CT molecular complexity index is 547. The molecule has 1 fully saturated rings. The van der Waals surface area contributed by atoms with E-state index in [1.165, 1.54) is 25.7 Å². The highest BCUT2D eigenvalue weighted by Gasteiger charge is 2.19. The van der Waals surface area contributed by atoms with Crippen molar-refractivity contribution in [2.45, 2.75) is 39.2 Å². The molecule has 1 aromatic heterocycles. The third-order valence-corrected chi connectivity index (χ3v) is 4.90. The van der Waals surface area contributed by atoms with Crippen molar-refractivity contribution >= 4 is 11.6 Å². The first-order valence-corrected chi connectivity index (χ1v) is 9.57. The van der Waals surface area contributed by atoms with Crippen LogP contribution in [0.4, 0.5) is 0 Å². The topological polar surface area (TPSA) is 61.3 Å². The average molecular weight is 365 g/mol. The summed E-state index contributed by atoms with van der Waals surface area (Å²) in [6, 6.07) is 0. The molecule has 2 rings (SSSR count). The molecule has 0 saturated heterocycles. The van der Waals surface area contributed by atoms with Gasteiger partial charge in [0.2, 0.25) is 0 Å². The van der Waals surface area contributed by atoms with Gasteiger partial charge in [0.1, 0.15) is 5.82 Å². The lowest BCUT2D eigenvalue weighted by atomic mass is 9.82. The van der Waals surface area contributed by atoms with Crippen LogP contribution in [0.25, 0.3) is 0 Å². The lowest BCUT2D eigenvalue weighted by molar-refractivity contribution is 0.216. The molecule has 1 aromatic rings. The number of aliphatic hydroxyl groups excluding tert-OH is 1. The van der Waals surface area contributed by atoms with Crippen molar-refractivity contribution < 1.29 is 5.11 Å². The zero-order valence-electron chi connectivity index (χ0n) is 15.0. The first-order chi connectivity index (χ1) is 12.2. The van der Waals surface area contributed by atoms with Crippen molar-refractivity contribution in [2.24, 2.45) is 11.8 Å². The Balaban J connectivity index is 1.62. The number of nitrogens with one attached hydrogen (secondary N) is 1. The molecule has 138 valence electrons. The molecule has 5 nitrogen and oxygen atoms in total. The first kappa shape index (κ1) is 20.1. The van der Waals surface area contributed by atoms with E-state index in [0.29, 0.717) is 29.9 Å². The summed E-state index contributed by atoms with van der Waals surface area (Å²) in [6.07, 6.45) is 8.08. The van der Waals surface area contributed by atoms with Crippen LogP contribution in [0.2, 0.25) is 5.02 Å². The van der Waals surface area contributed by atoms with Crippen LogP contribution in [0.1, 0.15) is 38.4 Å². The Morgan fingerprint density at radius 1 is 1.28 bits per heavy atom. The Labute approximate surface area is 156 Å². The van der Waals surface area contributed by atoms with E-state index < -0.39 is 0 Å². The molecule has 6 heteroatoms. The van der Waals surface area contributed by atoms with E-state index in [9.17, 15) is 0 Å². The van der Waals surface area contributed by atoms with Gasteiger partial charge in [-0.2, -0.15) is 0 Å². The third-order valence-electron chi connectivity index (χ3n) is 4.71. The molecule has 0 aliphatic heterocycles. The summed E-state index contributed by atoms with van der Waals surface area (Å²) in [4.78, 5) is 10.6. The second-order valence-electron chi connectivity index (χ2n) is 6.58. The fourth-order valence-electron chi connectivity index (χ4n) is 3.12. The Morgan fingerprint density at radius 2 is 2.00 bits per heavy atom. The van der Waals surface area contributed by atoms with E-state index in [2.05, 4.69) is 38.9 Å². The molecule has 1 heterocycles. The van der Waals surface area contributed by atoms with Crippen molar-refractivity contribution in [3.63, 3.8) is 0 Å². The standard InChI is InChI=1S/C19H29ClN4O/c1-2-24(10-11-25)9-3-4-16-5-7-17(8-6-16)12-21-15-19-22-13-18(20)14-23-19/h13-14,16-17,21,25H,2,5-12,15H2,1H3. The lowest BCUT2D eigenvalue weighted by Crippen LogP contribution is -2.27. The Morgan fingerprint density at radius 3 is 2.64 bits per heavy atom. The number of aliphatic hydroxyl groups is 1. The summed E-state index contributed by atoms with van der Waals surface area (Å²) in [5, 5.41) is 13.0. The van der Waals surface area contributed by atoms with Crippen LogP contribution in [0.5, 0.6) is 0 Å². The van der Waals surface area contributed by atoms with E-state index in [1.54, 1.807) is 12.4 Å². The van der Waals surface area contributed by atoms with Gasteiger partial charge >= 0.3 is 0 Å². The third kappa shape index (κ3) is 7.70. The minimum Gasteiger partial charge on any atom is -0.395 e. The highest BCUT2D eigenvalue weighted by Crippen LogP contribution is 2.27. The number of likely N-dealkylation sites (N-methyl/N-ethyl adjacent to an activating group) is 1. The lowest BCUT2D eigenvalue weighted by Gasteiger charge is -2.26. The molecule has 25 heavy (non-hydrogen) atoms. The molecule has 0 radical (unpaired) electrons. The Kier molecular flexibility index (Phi) is 9.20. The SMILES string of the molecule is CCN(CC#CC1CCC(CNCc2ncc(Cl)cn2)CC1)CCO. The van der Waals surface area contributed by atoms with Gasteiger partial charge in [-0.05, 0) is 44.7 Å². The maximum atomic E-state index is 8.99. The molecule has 0 atom stereocenters. The van der Waals surface area contributed by atoms with Crippen LogP contribution in [-0.4, -0.2) is 52.8 Å². The fraction of sp³-hybridized carbons (Fsp3) is 0.684.